The molecule has 1 aromatic heterocycles. The van der Waals surface area contributed by atoms with E-state index >= 15 is 0 Å². The van der Waals surface area contributed by atoms with Gasteiger partial charge in [-0.05, 0) is 37.4 Å². The lowest BCUT2D eigenvalue weighted by Crippen LogP contribution is -2.24. The largest absolute Gasteiger partial charge is 0.417 e. The smallest absolute Gasteiger partial charge is 0.309 e. The van der Waals surface area contributed by atoms with Crippen molar-refractivity contribution in [2.75, 3.05) is 6.54 Å². The lowest BCUT2D eigenvalue weighted by atomic mass is 10.00. The maximum absolute atomic E-state index is 12.5. The second-order valence-electron chi connectivity index (χ2n) is 5.11. The maximum atomic E-state index is 12.5. The number of hydrogen-bond acceptors (Lipinski definition) is 2. The van der Waals surface area contributed by atoms with Gasteiger partial charge in [-0.15, -0.1) is 0 Å². The molecule has 0 radical (unpaired) electrons. The highest BCUT2D eigenvalue weighted by atomic mass is 19.4. The van der Waals surface area contributed by atoms with Crippen molar-refractivity contribution < 1.29 is 13.2 Å². The summed E-state index contributed by atoms with van der Waals surface area (Å²) < 4.78 is 37.4. The Hall–Kier alpha value is -1.10. The first-order chi connectivity index (χ1) is 8.84. The van der Waals surface area contributed by atoms with E-state index in [1.165, 1.54) is 6.07 Å². The van der Waals surface area contributed by atoms with Crippen molar-refractivity contribution in [1.82, 2.24) is 10.3 Å². The van der Waals surface area contributed by atoms with Crippen molar-refractivity contribution in [1.29, 1.82) is 0 Å². The summed E-state index contributed by atoms with van der Waals surface area (Å²) in [6.07, 6.45) is -1.57. The zero-order valence-corrected chi connectivity index (χ0v) is 11.6. The number of rotatable bonds is 6. The van der Waals surface area contributed by atoms with E-state index in [1.807, 2.05) is 0 Å². The molecule has 0 spiro atoms. The van der Waals surface area contributed by atoms with Gasteiger partial charge in [0.2, 0.25) is 0 Å². The second-order valence-corrected chi connectivity index (χ2v) is 5.11. The predicted molar refractivity (Wildman–Crippen MR) is 69.7 cm³/mol. The molecule has 1 unspecified atom stereocenters. The van der Waals surface area contributed by atoms with Crippen LogP contribution in [0.1, 0.15) is 50.9 Å². The van der Waals surface area contributed by atoms with Gasteiger partial charge < -0.3 is 5.32 Å². The molecule has 1 aromatic rings. The van der Waals surface area contributed by atoms with Crippen LogP contribution in [0.5, 0.6) is 0 Å². The molecule has 1 heterocycles. The first kappa shape index (κ1) is 16.0. The van der Waals surface area contributed by atoms with Crippen LogP contribution in [0.3, 0.4) is 0 Å². The van der Waals surface area contributed by atoms with Gasteiger partial charge in [-0.1, -0.05) is 20.8 Å². The third kappa shape index (κ3) is 5.19. The molecule has 2 nitrogen and oxygen atoms in total. The minimum absolute atomic E-state index is 0.0160. The lowest BCUT2D eigenvalue weighted by molar-refractivity contribution is -0.137. The first-order valence-electron chi connectivity index (χ1n) is 6.61. The number of pyridine rings is 1. The van der Waals surface area contributed by atoms with Gasteiger partial charge >= 0.3 is 6.18 Å². The average molecular weight is 274 g/mol. The van der Waals surface area contributed by atoms with Gasteiger partial charge in [0.25, 0.3) is 0 Å². The third-order valence-electron chi connectivity index (χ3n) is 2.82. The molecule has 0 aliphatic heterocycles. The molecule has 0 saturated heterocycles. The van der Waals surface area contributed by atoms with E-state index in [-0.39, 0.29) is 6.04 Å². The molecule has 0 bridgehead atoms. The fraction of sp³-hybridized carbons (Fsp3) is 0.643. The highest BCUT2D eigenvalue weighted by Gasteiger charge is 2.31. The Kier molecular flexibility index (Phi) is 5.79. The number of halogens is 3. The zero-order chi connectivity index (χ0) is 14.5. The van der Waals surface area contributed by atoms with E-state index in [1.54, 1.807) is 0 Å². The maximum Gasteiger partial charge on any atom is 0.417 e. The molecule has 0 saturated carbocycles. The van der Waals surface area contributed by atoms with Crippen LogP contribution in [0.15, 0.2) is 18.3 Å². The summed E-state index contributed by atoms with van der Waals surface area (Å²) in [4.78, 5) is 3.97. The molecule has 0 amide bonds. The summed E-state index contributed by atoms with van der Waals surface area (Å²) in [6, 6.07) is 2.59. The van der Waals surface area contributed by atoms with Gasteiger partial charge in [0.15, 0.2) is 0 Å². The van der Waals surface area contributed by atoms with E-state index in [4.69, 9.17) is 0 Å². The molecule has 1 rings (SSSR count). The standard InChI is InChI=1S/C14H21F3N2/c1-4-7-18-13(8-10(2)3)12-6-5-11(9-19-12)14(15,16)17/h5-6,9-10,13,18H,4,7-8H2,1-3H3. The summed E-state index contributed by atoms with van der Waals surface area (Å²) in [5.41, 5.74) is -0.0230. The Morgan fingerprint density at radius 2 is 1.95 bits per heavy atom. The Morgan fingerprint density at radius 3 is 2.37 bits per heavy atom. The number of nitrogens with one attached hydrogen (secondary N) is 1. The van der Waals surface area contributed by atoms with Crippen LogP contribution in [-0.2, 0) is 6.18 Å². The number of aromatic nitrogens is 1. The van der Waals surface area contributed by atoms with Gasteiger partial charge in [-0.3, -0.25) is 4.98 Å². The molecule has 0 aliphatic rings. The first-order valence-corrected chi connectivity index (χ1v) is 6.61. The van der Waals surface area contributed by atoms with Crippen molar-refractivity contribution in [3.05, 3.63) is 29.6 Å². The zero-order valence-electron chi connectivity index (χ0n) is 11.6. The predicted octanol–water partition coefficient (Wildman–Crippen LogP) is 4.19. The lowest BCUT2D eigenvalue weighted by Gasteiger charge is -2.20. The summed E-state index contributed by atoms with van der Waals surface area (Å²) in [5, 5.41) is 3.33. The summed E-state index contributed by atoms with van der Waals surface area (Å²) in [5.74, 6) is 0.457. The molecule has 1 atom stereocenters. The molecule has 5 heteroatoms. The highest BCUT2D eigenvalue weighted by molar-refractivity contribution is 5.19. The highest BCUT2D eigenvalue weighted by Crippen LogP contribution is 2.29. The molecular formula is C14H21F3N2. The van der Waals surface area contributed by atoms with Crippen molar-refractivity contribution in [2.24, 2.45) is 5.92 Å². The van der Waals surface area contributed by atoms with E-state index in [2.05, 4.69) is 31.1 Å². The number of alkyl halides is 3. The molecule has 0 aromatic carbocycles. The van der Waals surface area contributed by atoms with Crippen LogP contribution in [0.25, 0.3) is 0 Å². The minimum Gasteiger partial charge on any atom is -0.309 e. The molecule has 108 valence electrons. The van der Waals surface area contributed by atoms with Crippen molar-refractivity contribution in [3.8, 4) is 0 Å². The fourth-order valence-corrected chi connectivity index (χ4v) is 1.88. The van der Waals surface area contributed by atoms with Crippen LogP contribution in [0.4, 0.5) is 13.2 Å². The Bertz CT molecular complexity index is 371. The van der Waals surface area contributed by atoms with Gasteiger partial charge in [0, 0.05) is 12.2 Å². The van der Waals surface area contributed by atoms with E-state index in [9.17, 15) is 13.2 Å². The molecule has 19 heavy (non-hydrogen) atoms. The van der Waals surface area contributed by atoms with Gasteiger partial charge in [0.1, 0.15) is 0 Å². The van der Waals surface area contributed by atoms with Gasteiger partial charge in [-0.25, -0.2) is 0 Å². The SMILES string of the molecule is CCCNC(CC(C)C)c1ccc(C(F)(F)F)cn1. The van der Waals surface area contributed by atoms with Crippen LogP contribution >= 0.6 is 0 Å². The fourth-order valence-electron chi connectivity index (χ4n) is 1.88. The second kappa shape index (κ2) is 6.89. The summed E-state index contributed by atoms with van der Waals surface area (Å²) in [6.45, 7) is 7.06. The van der Waals surface area contributed by atoms with E-state index in [0.29, 0.717) is 11.6 Å². The van der Waals surface area contributed by atoms with Crippen LogP contribution in [-0.4, -0.2) is 11.5 Å². The van der Waals surface area contributed by atoms with Gasteiger partial charge in [-0.2, -0.15) is 13.2 Å². The van der Waals surface area contributed by atoms with E-state index in [0.717, 1.165) is 31.6 Å². The quantitative estimate of drug-likeness (QED) is 0.841. The summed E-state index contributed by atoms with van der Waals surface area (Å²) in [7, 11) is 0. The average Bonchev–Trinajstić information content (AvgIpc) is 2.33. The number of nitrogens with zero attached hydrogens (tertiary/aromatic N) is 1. The monoisotopic (exact) mass is 274 g/mol. The molecular weight excluding hydrogens is 253 g/mol. The van der Waals surface area contributed by atoms with Gasteiger partial charge in [0.05, 0.1) is 11.3 Å². The van der Waals surface area contributed by atoms with Crippen molar-refractivity contribution in [3.63, 3.8) is 0 Å². The van der Waals surface area contributed by atoms with E-state index < -0.39 is 11.7 Å². The van der Waals surface area contributed by atoms with Crippen LogP contribution in [0, 0.1) is 5.92 Å². The normalized spacial score (nSPS) is 13.8. The third-order valence-corrected chi connectivity index (χ3v) is 2.82. The van der Waals surface area contributed by atoms with Crippen molar-refractivity contribution in [2.45, 2.75) is 45.8 Å². The minimum atomic E-state index is -4.32. The molecule has 0 fully saturated rings. The Balaban J connectivity index is 2.84. The Labute approximate surface area is 112 Å². The summed E-state index contributed by atoms with van der Waals surface area (Å²) >= 11 is 0. The van der Waals surface area contributed by atoms with Crippen LogP contribution < -0.4 is 5.32 Å². The van der Waals surface area contributed by atoms with Crippen LogP contribution in [0.2, 0.25) is 0 Å². The van der Waals surface area contributed by atoms with Crippen molar-refractivity contribution >= 4 is 0 Å². The molecule has 1 N–H and O–H groups in total. The topological polar surface area (TPSA) is 24.9 Å². The molecule has 0 aliphatic carbocycles. The number of hydrogen-bond donors (Lipinski definition) is 1. The Morgan fingerprint density at radius 1 is 1.26 bits per heavy atom.